The topological polar surface area (TPSA) is 61.8 Å². The Morgan fingerprint density at radius 2 is 1.62 bits per heavy atom. The molecule has 1 aromatic rings. The second-order valence-corrected chi connectivity index (χ2v) is 6.46. The van der Waals surface area contributed by atoms with E-state index in [4.69, 9.17) is 10.9 Å². The van der Waals surface area contributed by atoms with E-state index in [-0.39, 0.29) is 11.9 Å². The molecule has 1 rings (SSSR count). The summed E-state index contributed by atoms with van der Waals surface area (Å²) in [5.41, 5.74) is 7.00. The van der Waals surface area contributed by atoms with Gasteiger partial charge in [0, 0.05) is 25.6 Å². The molecule has 118 valence electrons. The van der Waals surface area contributed by atoms with Crippen LogP contribution in [-0.2, 0) is 0 Å². The Labute approximate surface area is 128 Å². The number of amidine groups is 1. The zero-order valence-electron chi connectivity index (χ0n) is 13.7. The Kier molecular flexibility index (Phi) is 7.23. The van der Waals surface area contributed by atoms with E-state index in [9.17, 15) is 0 Å². The highest BCUT2D eigenvalue weighted by molar-refractivity contribution is 5.80. The first-order valence-electron chi connectivity index (χ1n) is 7.69. The summed E-state index contributed by atoms with van der Waals surface area (Å²) in [5, 5.41) is 12.1. The molecule has 0 heterocycles. The number of nitrogens with two attached hydrogens (primary N) is 1. The standard InChI is InChI=1S/C17H29N3O/c1-13(2)11-20(12-14(3)4)16(10-17(18)19-21)15-8-6-5-7-9-15/h5-9,13-14,16,21H,10-12H2,1-4H3,(H2,18,19). The lowest BCUT2D eigenvalue weighted by Gasteiger charge is -2.34. The molecule has 1 aromatic carbocycles. The first-order valence-corrected chi connectivity index (χ1v) is 7.69. The Bertz CT molecular complexity index is 419. The molecule has 21 heavy (non-hydrogen) atoms. The maximum absolute atomic E-state index is 8.92. The zero-order chi connectivity index (χ0) is 15.8. The quantitative estimate of drug-likeness (QED) is 0.333. The fraction of sp³-hybridized carbons (Fsp3) is 0.588. The molecular weight excluding hydrogens is 262 g/mol. The molecule has 1 unspecified atom stereocenters. The van der Waals surface area contributed by atoms with Crippen LogP contribution in [0.4, 0.5) is 0 Å². The minimum Gasteiger partial charge on any atom is -0.409 e. The first-order chi connectivity index (χ1) is 9.93. The number of rotatable bonds is 8. The van der Waals surface area contributed by atoms with Crippen molar-refractivity contribution in [3.8, 4) is 0 Å². The van der Waals surface area contributed by atoms with Crippen LogP contribution in [0.15, 0.2) is 35.5 Å². The third-order valence-electron chi connectivity index (χ3n) is 3.36. The lowest BCUT2D eigenvalue weighted by atomic mass is 9.98. The van der Waals surface area contributed by atoms with Gasteiger partial charge in [0.25, 0.3) is 0 Å². The fourth-order valence-corrected chi connectivity index (χ4v) is 2.64. The van der Waals surface area contributed by atoms with Crippen molar-refractivity contribution < 1.29 is 5.21 Å². The Morgan fingerprint density at radius 1 is 1.10 bits per heavy atom. The van der Waals surface area contributed by atoms with Crippen LogP contribution in [0, 0.1) is 11.8 Å². The van der Waals surface area contributed by atoms with Crippen molar-refractivity contribution in [2.45, 2.75) is 40.2 Å². The largest absolute Gasteiger partial charge is 0.409 e. The monoisotopic (exact) mass is 291 g/mol. The van der Waals surface area contributed by atoms with Gasteiger partial charge in [-0.25, -0.2) is 0 Å². The zero-order valence-corrected chi connectivity index (χ0v) is 13.7. The highest BCUT2D eigenvalue weighted by Crippen LogP contribution is 2.26. The second kappa shape index (κ2) is 8.67. The Morgan fingerprint density at radius 3 is 2.05 bits per heavy atom. The van der Waals surface area contributed by atoms with Gasteiger partial charge in [0.15, 0.2) is 0 Å². The minimum absolute atomic E-state index is 0.145. The molecule has 0 aliphatic rings. The van der Waals surface area contributed by atoms with E-state index in [1.165, 1.54) is 5.56 Å². The van der Waals surface area contributed by atoms with Gasteiger partial charge in [0.2, 0.25) is 0 Å². The number of nitrogens with zero attached hydrogens (tertiary/aromatic N) is 2. The molecule has 4 heteroatoms. The maximum atomic E-state index is 8.92. The van der Waals surface area contributed by atoms with Crippen LogP contribution in [0.5, 0.6) is 0 Å². The third-order valence-corrected chi connectivity index (χ3v) is 3.36. The lowest BCUT2D eigenvalue weighted by Crippen LogP contribution is -2.37. The van der Waals surface area contributed by atoms with Gasteiger partial charge < -0.3 is 10.9 Å². The van der Waals surface area contributed by atoms with Crippen molar-refractivity contribution in [3.63, 3.8) is 0 Å². The van der Waals surface area contributed by atoms with Gasteiger partial charge in [-0.2, -0.15) is 0 Å². The molecule has 4 nitrogen and oxygen atoms in total. The molecule has 0 amide bonds. The van der Waals surface area contributed by atoms with Crippen LogP contribution in [0.3, 0.4) is 0 Å². The maximum Gasteiger partial charge on any atom is 0.141 e. The molecule has 3 N–H and O–H groups in total. The van der Waals surface area contributed by atoms with Crippen molar-refractivity contribution >= 4 is 5.84 Å². The smallest absolute Gasteiger partial charge is 0.141 e. The molecule has 0 aliphatic carbocycles. The van der Waals surface area contributed by atoms with Crippen LogP contribution in [0.1, 0.15) is 45.7 Å². The van der Waals surface area contributed by atoms with Gasteiger partial charge in [0.1, 0.15) is 5.84 Å². The van der Waals surface area contributed by atoms with Gasteiger partial charge in [-0.3, -0.25) is 4.90 Å². The van der Waals surface area contributed by atoms with E-state index >= 15 is 0 Å². The van der Waals surface area contributed by atoms with Gasteiger partial charge >= 0.3 is 0 Å². The van der Waals surface area contributed by atoms with Gasteiger partial charge in [-0.1, -0.05) is 63.2 Å². The van der Waals surface area contributed by atoms with Crippen LogP contribution >= 0.6 is 0 Å². The summed E-state index contributed by atoms with van der Waals surface area (Å²) in [7, 11) is 0. The average molecular weight is 291 g/mol. The molecule has 0 radical (unpaired) electrons. The molecule has 1 atom stereocenters. The Hall–Kier alpha value is -1.55. The molecule has 0 bridgehead atoms. The van der Waals surface area contributed by atoms with Crippen molar-refractivity contribution in [1.29, 1.82) is 0 Å². The molecule has 0 aliphatic heterocycles. The molecule has 0 saturated heterocycles. The van der Waals surface area contributed by atoms with Gasteiger partial charge in [0.05, 0.1) is 0 Å². The summed E-state index contributed by atoms with van der Waals surface area (Å²) in [6.07, 6.45) is 0.542. The molecule has 0 spiro atoms. The van der Waals surface area contributed by atoms with Crippen LogP contribution in [0.2, 0.25) is 0 Å². The van der Waals surface area contributed by atoms with Crippen LogP contribution in [-0.4, -0.2) is 29.0 Å². The van der Waals surface area contributed by atoms with E-state index in [0.717, 1.165) is 13.1 Å². The number of oxime groups is 1. The predicted octanol–water partition coefficient (Wildman–Crippen LogP) is 3.48. The second-order valence-electron chi connectivity index (χ2n) is 6.46. The molecule has 0 aromatic heterocycles. The Balaban J connectivity index is 3.05. The van der Waals surface area contributed by atoms with Crippen LogP contribution in [0.25, 0.3) is 0 Å². The molecule has 0 fully saturated rings. The van der Waals surface area contributed by atoms with Crippen molar-refractivity contribution in [3.05, 3.63) is 35.9 Å². The van der Waals surface area contributed by atoms with E-state index in [1.54, 1.807) is 0 Å². The SMILES string of the molecule is CC(C)CN(CC(C)C)C(CC(N)=NO)c1ccccc1. The molecule has 0 saturated carbocycles. The first kappa shape index (κ1) is 17.5. The summed E-state index contributed by atoms with van der Waals surface area (Å²) < 4.78 is 0. The van der Waals surface area contributed by atoms with Gasteiger partial charge in [-0.05, 0) is 17.4 Å². The predicted molar refractivity (Wildman–Crippen MR) is 88.5 cm³/mol. The molecular formula is C17H29N3O. The number of hydrogen-bond acceptors (Lipinski definition) is 3. The van der Waals surface area contributed by atoms with E-state index in [0.29, 0.717) is 18.3 Å². The highest BCUT2D eigenvalue weighted by atomic mass is 16.4. The minimum atomic E-state index is 0.145. The average Bonchev–Trinajstić information content (AvgIpc) is 2.43. The highest BCUT2D eigenvalue weighted by Gasteiger charge is 2.23. The van der Waals surface area contributed by atoms with Crippen molar-refractivity contribution in [2.75, 3.05) is 13.1 Å². The lowest BCUT2D eigenvalue weighted by molar-refractivity contribution is 0.158. The van der Waals surface area contributed by atoms with Crippen molar-refractivity contribution in [2.24, 2.45) is 22.7 Å². The van der Waals surface area contributed by atoms with Crippen LogP contribution < -0.4 is 5.73 Å². The summed E-state index contributed by atoms with van der Waals surface area (Å²) in [4.78, 5) is 2.45. The third kappa shape index (κ3) is 6.17. The van der Waals surface area contributed by atoms with E-state index in [2.05, 4.69) is 49.9 Å². The summed E-state index contributed by atoms with van der Waals surface area (Å²) in [5.74, 6) is 1.42. The van der Waals surface area contributed by atoms with Crippen molar-refractivity contribution in [1.82, 2.24) is 4.90 Å². The summed E-state index contributed by atoms with van der Waals surface area (Å²) >= 11 is 0. The fourth-order valence-electron chi connectivity index (χ4n) is 2.64. The summed E-state index contributed by atoms with van der Waals surface area (Å²) in [6, 6.07) is 10.5. The number of hydrogen-bond donors (Lipinski definition) is 2. The summed E-state index contributed by atoms with van der Waals surface area (Å²) in [6.45, 7) is 10.9. The van der Waals surface area contributed by atoms with E-state index < -0.39 is 0 Å². The van der Waals surface area contributed by atoms with Gasteiger partial charge in [-0.15, -0.1) is 0 Å². The number of benzene rings is 1. The normalized spacial score (nSPS) is 14.1. The van der Waals surface area contributed by atoms with E-state index in [1.807, 2.05) is 18.2 Å².